The smallest absolute Gasteiger partial charge is 0.0925 e. The predicted molar refractivity (Wildman–Crippen MR) is 69.4 cm³/mol. The lowest BCUT2D eigenvalue weighted by Gasteiger charge is -2.10. The number of hydrogen-bond acceptors (Lipinski definition) is 4. The van der Waals surface area contributed by atoms with Crippen molar-refractivity contribution in [2.75, 3.05) is 26.4 Å². The first-order valence-corrected chi connectivity index (χ1v) is 6.75. The van der Waals surface area contributed by atoms with Gasteiger partial charge < -0.3 is 19.8 Å². The molecule has 5 heteroatoms. The third-order valence-electron chi connectivity index (χ3n) is 3.20. The van der Waals surface area contributed by atoms with Crippen molar-refractivity contribution in [2.45, 2.75) is 38.8 Å². The first-order valence-electron chi connectivity index (χ1n) is 6.75. The van der Waals surface area contributed by atoms with Crippen LogP contribution in [0.15, 0.2) is 6.33 Å². The van der Waals surface area contributed by atoms with Crippen LogP contribution in [0.3, 0.4) is 0 Å². The Balaban J connectivity index is 1.43. The molecule has 1 aliphatic rings. The molecule has 0 radical (unpaired) electrons. The summed E-state index contributed by atoms with van der Waals surface area (Å²) in [6.45, 7) is 6.26. The molecule has 0 aromatic carbocycles. The van der Waals surface area contributed by atoms with Gasteiger partial charge in [0.1, 0.15) is 0 Å². The molecule has 1 atom stereocenters. The van der Waals surface area contributed by atoms with E-state index in [0.29, 0.717) is 6.10 Å². The molecule has 1 fully saturated rings. The van der Waals surface area contributed by atoms with Gasteiger partial charge in [0.2, 0.25) is 0 Å². The van der Waals surface area contributed by atoms with Crippen LogP contribution < -0.4 is 5.32 Å². The third kappa shape index (κ3) is 4.40. The molecule has 1 aliphatic heterocycles. The van der Waals surface area contributed by atoms with Crippen molar-refractivity contribution < 1.29 is 9.47 Å². The Morgan fingerprint density at radius 2 is 2.56 bits per heavy atom. The molecule has 102 valence electrons. The van der Waals surface area contributed by atoms with Gasteiger partial charge in [0, 0.05) is 25.5 Å². The number of aromatic amines is 1. The van der Waals surface area contributed by atoms with Crippen LogP contribution in [-0.2, 0) is 16.0 Å². The highest BCUT2D eigenvalue weighted by atomic mass is 16.5. The van der Waals surface area contributed by atoms with Crippen molar-refractivity contribution in [3.05, 3.63) is 17.7 Å². The van der Waals surface area contributed by atoms with E-state index in [0.717, 1.165) is 57.1 Å². The topological polar surface area (TPSA) is 59.2 Å². The summed E-state index contributed by atoms with van der Waals surface area (Å²) in [5.41, 5.74) is 2.23. The monoisotopic (exact) mass is 253 g/mol. The highest BCUT2D eigenvalue weighted by molar-refractivity contribution is 5.07. The zero-order valence-electron chi connectivity index (χ0n) is 11.1. The lowest BCUT2D eigenvalue weighted by atomic mass is 10.2. The molecule has 2 heterocycles. The molecule has 0 aliphatic carbocycles. The molecule has 0 spiro atoms. The summed E-state index contributed by atoms with van der Waals surface area (Å²) in [6, 6.07) is 0. The first kappa shape index (κ1) is 13.5. The quantitative estimate of drug-likeness (QED) is 0.687. The molecule has 1 saturated heterocycles. The first-order chi connectivity index (χ1) is 8.86. The minimum Gasteiger partial charge on any atom is -0.379 e. The molecule has 2 N–H and O–H groups in total. The summed E-state index contributed by atoms with van der Waals surface area (Å²) in [5, 5.41) is 3.36. The number of nitrogens with zero attached hydrogens (tertiary/aromatic N) is 1. The summed E-state index contributed by atoms with van der Waals surface area (Å²) < 4.78 is 11.1. The second kappa shape index (κ2) is 7.51. The van der Waals surface area contributed by atoms with Crippen LogP contribution in [0.25, 0.3) is 0 Å². The number of imidazole rings is 1. The molecule has 1 aromatic rings. The van der Waals surface area contributed by atoms with Gasteiger partial charge in [-0.15, -0.1) is 0 Å². The van der Waals surface area contributed by atoms with Crippen LogP contribution in [-0.4, -0.2) is 42.4 Å². The average Bonchev–Trinajstić information content (AvgIpc) is 3.00. The fraction of sp³-hybridized carbons (Fsp3) is 0.769. The predicted octanol–water partition coefficient (Wildman–Crippen LogP) is 1.39. The van der Waals surface area contributed by atoms with E-state index in [-0.39, 0.29) is 0 Å². The molecule has 1 unspecified atom stereocenters. The summed E-state index contributed by atoms with van der Waals surface area (Å²) >= 11 is 0. The fourth-order valence-corrected chi connectivity index (χ4v) is 2.06. The van der Waals surface area contributed by atoms with Crippen molar-refractivity contribution in [3.63, 3.8) is 0 Å². The maximum Gasteiger partial charge on any atom is 0.0925 e. The maximum absolute atomic E-state index is 5.59. The molecule has 2 rings (SSSR count). The summed E-state index contributed by atoms with van der Waals surface area (Å²) in [4.78, 5) is 7.31. The van der Waals surface area contributed by atoms with E-state index in [4.69, 9.17) is 9.47 Å². The third-order valence-corrected chi connectivity index (χ3v) is 3.20. The van der Waals surface area contributed by atoms with Crippen LogP contribution >= 0.6 is 0 Å². The average molecular weight is 253 g/mol. The van der Waals surface area contributed by atoms with Gasteiger partial charge in [-0.25, -0.2) is 4.98 Å². The van der Waals surface area contributed by atoms with Crippen molar-refractivity contribution >= 4 is 0 Å². The Hall–Kier alpha value is -0.910. The Kier molecular flexibility index (Phi) is 5.64. The van der Waals surface area contributed by atoms with Crippen molar-refractivity contribution in [1.82, 2.24) is 15.3 Å². The van der Waals surface area contributed by atoms with E-state index in [2.05, 4.69) is 15.3 Å². The van der Waals surface area contributed by atoms with Crippen LogP contribution in [0.1, 0.15) is 30.7 Å². The van der Waals surface area contributed by atoms with Gasteiger partial charge >= 0.3 is 0 Å². The number of hydrogen-bond donors (Lipinski definition) is 2. The van der Waals surface area contributed by atoms with Crippen molar-refractivity contribution in [1.29, 1.82) is 0 Å². The van der Waals surface area contributed by atoms with E-state index in [1.165, 1.54) is 6.42 Å². The summed E-state index contributed by atoms with van der Waals surface area (Å²) in [7, 11) is 0. The highest BCUT2D eigenvalue weighted by Crippen LogP contribution is 2.11. The van der Waals surface area contributed by atoms with E-state index >= 15 is 0 Å². The number of aryl methyl sites for hydroxylation is 1. The standard InChI is InChI=1S/C13H23N3O2/c1-11-13(16-10-15-11)8-14-5-3-6-17-9-12-4-2-7-18-12/h10,12,14H,2-9H2,1H3,(H,15,16). The van der Waals surface area contributed by atoms with Crippen LogP contribution in [0.5, 0.6) is 0 Å². The zero-order valence-corrected chi connectivity index (χ0v) is 11.1. The summed E-state index contributed by atoms with van der Waals surface area (Å²) in [5.74, 6) is 0. The number of rotatable bonds is 8. The number of H-pyrrole nitrogens is 1. The number of nitrogens with one attached hydrogen (secondary N) is 2. The van der Waals surface area contributed by atoms with Crippen LogP contribution in [0.2, 0.25) is 0 Å². The van der Waals surface area contributed by atoms with E-state index in [1.54, 1.807) is 6.33 Å². The second-order valence-corrected chi connectivity index (χ2v) is 4.71. The summed E-state index contributed by atoms with van der Waals surface area (Å²) in [6.07, 6.45) is 5.42. The van der Waals surface area contributed by atoms with Crippen LogP contribution in [0, 0.1) is 6.92 Å². The van der Waals surface area contributed by atoms with Crippen LogP contribution in [0.4, 0.5) is 0 Å². The second-order valence-electron chi connectivity index (χ2n) is 4.71. The van der Waals surface area contributed by atoms with Gasteiger partial charge in [0.25, 0.3) is 0 Å². The highest BCUT2D eigenvalue weighted by Gasteiger charge is 2.14. The van der Waals surface area contributed by atoms with E-state index in [9.17, 15) is 0 Å². The van der Waals surface area contributed by atoms with Gasteiger partial charge in [-0.3, -0.25) is 0 Å². The molecule has 18 heavy (non-hydrogen) atoms. The maximum atomic E-state index is 5.59. The Morgan fingerprint density at radius 1 is 1.61 bits per heavy atom. The normalized spacial score (nSPS) is 19.5. The number of ether oxygens (including phenoxy) is 2. The molecular weight excluding hydrogens is 230 g/mol. The SMILES string of the molecule is Cc1[nH]cnc1CNCCCOCC1CCCO1. The molecule has 0 bridgehead atoms. The molecule has 5 nitrogen and oxygen atoms in total. The largest absolute Gasteiger partial charge is 0.379 e. The van der Waals surface area contributed by atoms with Gasteiger partial charge in [-0.2, -0.15) is 0 Å². The Labute approximate surface area is 108 Å². The van der Waals surface area contributed by atoms with Gasteiger partial charge in [-0.05, 0) is 32.7 Å². The fourth-order valence-electron chi connectivity index (χ4n) is 2.06. The number of aromatic nitrogens is 2. The van der Waals surface area contributed by atoms with Crippen molar-refractivity contribution in [3.8, 4) is 0 Å². The Bertz CT molecular complexity index is 335. The van der Waals surface area contributed by atoms with E-state index in [1.807, 2.05) is 6.92 Å². The minimum absolute atomic E-state index is 0.338. The van der Waals surface area contributed by atoms with Gasteiger partial charge in [0.05, 0.1) is 24.7 Å². The zero-order chi connectivity index (χ0) is 12.6. The van der Waals surface area contributed by atoms with Gasteiger partial charge in [0.15, 0.2) is 0 Å². The Morgan fingerprint density at radius 3 is 3.28 bits per heavy atom. The van der Waals surface area contributed by atoms with Gasteiger partial charge in [-0.1, -0.05) is 0 Å². The molecule has 1 aromatic heterocycles. The molecular formula is C13H23N3O2. The molecule has 0 saturated carbocycles. The lowest BCUT2D eigenvalue weighted by Crippen LogP contribution is -2.19. The minimum atomic E-state index is 0.338. The van der Waals surface area contributed by atoms with Crippen molar-refractivity contribution in [2.24, 2.45) is 0 Å². The lowest BCUT2D eigenvalue weighted by molar-refractivity contribution is 0.0166. The molecule has 0 amide bonds. The van der Waals surface area contributed by atoms with E-state index < -0.39 is 0 Å².